The average Bonchev–Trinajstić information content (AvgIpc) is 3.21. The Morgan fingerprint density at radius 3 is 0.947 bits per heavy atom. The molecular weight excluding hydrogens is 709 g/mol. The maximum absolute atomic E-state index is 13.5. The predicted molar refractivity (Wildman–Crippen MR) is 243 cm³/mol. The van der Waals surface area contributed by atoms with Crippen molar-refractivity contribution in [3.8, 4) is 0 Å². The van der Waals surface area contributed by atoms with E-state index in [9.17, 15) is 29.7 Å². The molecule has 0 aromatic rings. The second kappa shape index (κ2) is 41.4. The van der Waals surface area contributed by atoms with Gasteiger partial charge in [-0.3, -0.25) is 14.4 Å². The SMILES string of the molecule is CCCCCC/C=C\CCCCCCCC(=O)C(O)C(O)C(O)(C(=O)CCCCCCCCCCCCCCC)C(=O)CCCCCCCCCCCCCCC. The zero-order valence-corrected chi connectivity index (χ0v) is 38.2. The van der Waals surface area contributed by atoms with Gasteiger partial charge in [-0.1, -0.05) is 226 Å². The highest BCUT2D eigenvalue weighted by atomic mass is 16.4. The number of hydrogen-bond donors (Lipinski definition) is 3. The van der Waals surface area contributed by atoms with Crippen LogP contribution in [0, 0.1) is 0 Å². The van der Waals surface area contributed by atoms with Crippen molar-refractivity contribution < 1.29 is 29.7 Å². The first-order chi connectivity index (χ1) is 27.8. The Morgan fingerprint density at radius 1 is 0.386 bits per heavy atom. The zero-order valence-electron chi connectivity index (χ0n) is 38.2. The molecule has 57 heavy (non-hydrogen) atoms. The van der Waals surface area contributed by atoms with Crippen LogP contribution in [0.3, 0.4) is 0 Å². The van der Waals surface area contributed by atoms with E-state index in [-0.39, 0.29) is 19.3 Å². The second-order valence-corrected chi connectivity index (χ2v) is 17.6. The number of allylic oxidation sites excluding steroid dienone is 2. The number of aliphatic hydroxyl groups is 3. The molecule has 0 aliphatic rings. The van der Waals surface area contributed by atoms with E-state index in [1.165, 1.54) is 141 Å². The monoisotopic (exact) mass is 805 g/mol. The van der Waals surface area contributed by atoms with Crippen LogP contribution in [0.4, 0.5) is 0 Å². The van der Waals surface area contributed by atoms with E-state index in [2.05, 4.69) is 32.9 Å². The van der Waals surface area contributed by atoms with Crippen LogP contribution in [0.5, 0.6) is 0 Å². The van der Waals surface area contributed by atoms with Gasteiger partial charge in [0.1, 0.15) is 12.2 Å². The first-order valence-electron chi connectivity index (χ1n) is 25.1. The number of unbranched alkanes of at least 4 members (excludes halogenated alkanes) is 33. The van der Waals surface area contributed by atoms with Crippen molar-refractivity contribution in [1.29, 1.82) is 0 Å². The molecule has 0 fully saturated rings. The van der Waals surface area contributed by atoms with E-state index < -0.39 is 35.2 Å². The molecule has 6 nitrogen and oxygen atoms in total. The first-order valence-corrected chi connectivity index (χ1v) is 25.1. The molecule has 0 rings (SSSR count). The van der Waals surface area contributed by atoms with Crippen LogP contribution in [0.15, 0.2) is 12.2 Å². The summed E-state index contributed by atoms with van der Waals surface area (Å²) >= 11 is 0. The third-order valence-electron chi connectivity index (χ3n) is 12.1. The lowest BCUT2D eigenvalue weighted by Gasteiger charge is -2.32. The standard InChI is InChI=1S/C51H96O6/c1-4-7-10-13-16-19-22-25-28-31-34-37-40-43-46(52)49(55)50(56)51(57,47(53)44-41-38-35-32-29-26-23-20-17-14-11-8-5-2)48(54)45-42-39-36-33-30-27-24-21-18-15-12-9-6-3/h19,22,49-50,55-57H,4-18,20-21,23-45H2,1-3H3/b22-19-. The molecular formula is C51H96O6. The average molecular weight is 805 g/mol. The summed E-state index contributed by atoms with van der Waals surface area (Å²) in [4.78, 5) is 40.1. The molecule has 3 N–H and O–H groups in total. The number of aliphatic hydroxyl groups excluding tert-OH is 2. The van der Waals surface area contributed by atoms with Crippen molar-refractivity contribution in [2.45, 2.75) is 295 Å². The van der Waals surface area contributed by atoms with E-state index in [1.807, 2.05) is 0 Å². The molecule has 0 spiro atoms. The summed E-state index contributed by atoms with van der Waals surface area (Å²) in [6.45, 7) is 6.72. The number of hydrogen-bond acceptors (Lipinski definition) is 6. The van der Waals surface area contributed by atoms with Gasteiger partial charge in [-0.15, -0.1) is 0 Å². The Morgan fingerprint density at radius 2 is 0.632 bits per heavy atom. The molecule has 6 heteroatoms. The topological polar surface area (TPSA) is 112 Å². The molecule has 0 aromatic heterocycles. The summed E-state index contributed by atoms with van der Waals surface area (Å²) < 4.78 is 0. The Hall–Kier alpha value is -1.37. The van der Waals surface area contributed by atoms with E-state index in [1.54, 1.807) is 0 Å². The lowest BCUT2D eigenvalue weighted by atomic mass is 9.79. The van der Waals surface area contributed by atoms with Crippen LogP contribution in [-0.2, 0) is 14.4 Å². The Bertz CT molecular complexity index is 902. The number of Topliss-reactive ketones (excluding diaryl/α,β-unsaturated/α-hetero) is 3. The van der Waals surface area contributed by atoms with Crippen molar-refractivity contribution in [1.82, 2.24) is 0 Å². The minimum atomic E-state index is -2.76. The Kier molecular flexibility index (Phi) is 40.4. The highest BCUT2D eigenvalue weighted by Gasteiger charge is 2.52. The van der Waals surface area contributed by atoms with Crippen LogP contribution in [-0.4, -0.2) is 50.5 Å². The van der Waals surface area contributed by atoms with Gasteiger partial charge in [0, 0.05) is 19.3 Å². The molecule has 2 unspecified atom stereocenters. The van der Waals surface area contributed by atoms with Gasteiger partial charge < -0.3 is 15.3 Å². The summed E-state index contributed by atoms with van der Waals surface area (Å²) in [6.07, 6.45) is 42.3. The highest BCUT2D eigenvalue weighted by molar-refractivity contribution is 6.11. The Labute approximate surface area is 353 Å². The summed E-state index contributed by atoms with van der Waals surface area (Å²) in [7, 11) is 0. The minimum absolute atomic E-state index is 0.0477. The van der Waals surface area contributed by atoms with Crippen molar-refractivity contribution in [2.24, 2.45) is 0 Å². The fourth-order valence-electron chi connectivity index (χ4n) is 8.04. The number of carbonyl (C=O) groups excluding carboxylic acids is 3. The van der Waals surface area contributed by atoms with Gasteiger partial charge >= 0.3 is 0 Å². The van der Waals surface area contributed by atoms with E-state index in [4.69, 9.17) is 0 Å². The summed E-state index contributed by atoms with van der Waals surface area (Å²) in [5.74, 6) is -2.14. The third-order valence-corrected chi connectivity index (χ3v) is 12.1. The molecule has 0 heterocycles. The van der Waals surface area contributed by atoms with E-state index >= 15 is 0 Å². The molecule has 0 saturated carbocycles. The quantitative estimate of drug-likeness (QED) is 0.0321. The zero-order chi connectivity index (χ0) is 42.1. The molecule has 0 amide bonds. The molecule has 0 aliphatic heterocycles. The molecule has 0 aliphatic carbocycles. The summed E-state index contributed by atoms with van der Waals surface area (Å²) in [5, 5.41) is 33.7. The fraction of sp³-hybridized carbons (Fsp3) is 0.902. The molecule has 2 atom stereocenters. The van der Waals surface area contributed by atoms with E-state index in [0.29, 0.717) is 19.3 Å². The van der Waals surface area contributed by atoms with E-state index in [0.717, 1.165) is 77.0 Å². The lowest BCUT2D eigenvalue weighted by molar-refractivity contribution is -0.174. The maximum atomic E-state index is 13.5. The highest BCUT2D eigenvalue weighted by Crippen LogP contribution is 2.26. The van der Waals surface area contributed by atoms with Crippen LogP contribution in [0.1, 0.15) is 278 Å². The van der Waals surface area contributed by atoms with Gasteiger partial charge in [0.15, 0.2) is 17.3 Å². The molecule has 0 bridgehead atoms. The maximum Gasteiger partial charge on any atom is 0.210 e. The van der Waals surface area contributed by atoms with Crippen molar-refractivity contribution in [2.75, 3.05) is 0 Å². The largest absolute Gasteiger partial charge is 0.386 e. The first kappa shape index (κ1) is 55.6. The third kappa shape index (κ3) is 31.2. The number of carbonyl (C=O) groups is 3. The molecule has 336 valence electrons. The van der Waals surface area contributed by atoms with Gasteiger partial charge in [-0.25, -0.2) is 0 Å². The molecule has 0 saturated heterocycles. The van der Waals surface area contributed by atoms with Crippen molar-refractivity contribution in [3.05, 3.63) is 12.2 Å². The fourth-order valence-corrected chi connectivity index (χ4v) is 8.04. The van der Waals surface area contributed by atoms with Crippen LogP contribution in [0.25, 0.3) is 0 Å². The minimum Gasteiger partial charge on any atom is -0.386 e. The van der Waals surface area contributed by atoms with Gasteiger partial charge in [-0.05, 0) is 44.9 Å². The van der Waals surface area contributed by atoms with Gasteiger partial charge in [0.05, 0.1) is 0 Å². The number of rotatable bonds is 46. The van der Waals surface area contributed by atoms with Crippen LogP contribution < -0.4 is 0 Å². The second-order valence-electron chi connectivity index (χ2n) is 17.6. The number of ketones is 3. The molecule has 0 radical (unpaired) electrons. The van der Waals surface area contributed by atoms with Crippen LogP contribution >= 0.6 is 0 Å². The van der Waals surface area contributed by atoms with Gasteiger partial charge in [0.25, 0.3) is 0 Å². The van der Waals surface area contributed by atoms with Crippen LogP contribution in [0.2, 0.25) is 0 Å². The van der Waals surface area contributed by atoms with Crippen molar-refractivity contribution >= 4 is 17.3 Å². The summed E-state index contributed by atoms with van der Waals surface area (Å²) in [5.41, 5.74) is -2.76. The lowest BCUT2D eigenvalue weighted by Crippen LogP contribution is -2.61. The predicted octanol–water partition coefficient (Wildman–Crippen LogP) is 14.4. The van der Waals surface area contributed by atoms with Gasteiger partial charge in [-0.2, -0.15) is 0 Å². The van der Waals surface area contributed by atoms with Gasteiger partial charge in [0.2, 0.25) is 5.60 Å². The smallest absolute Gasteiger partial charge is 0.210 e. The molecule has 0 aromatic carbocycles. The normalized spacial score (nSPS) is 13.1. The van der Waals surface area contributed by atoms with Crippen molar-refractivity contribution in [3.63, 3.8) is 0 Å². The Balaban J connectivity index is 4.81. The summed E-state index contributed by atoms with van der Waals surface area (Å²) in [6, 6.07) is 0.